The van der Waals surface area contributed by atoms with Crippen molar-refractivity contribution in [3.05, 3.63) is 107 Å². The zero-order valence-corrected chi connectivity index (χ0v) is 15.3. The lowest BCUT2D eigenvalue weighted by Crippen LogP contribution is -2.17. The van der Waals surface area contributed by atoms with Crippen LogP contribution in [0.2, 0.25) is 0 Å². The minimum atomic E-state index is -0.340. The third-order valence-electron chi connectivity index (χ3n) is 4.12. The maximum atomic E-state index is 11.5. The van der Waals surface area contributed by atoms with Crippen LogP contribution in [0.25, 0.3) is 0 Å². The molecule has 0 fully saturated rings. The number of nitrogens with zero attached hydrogens (tertiary/aromatic N) is 2. The quantitative estimate of drug-likeness (QED) is 0.354. The minimum absolute atomic E-state index is 0.340. The second-order valence-corrected chi connectivity index (χ2v) is 6.15. The molecule has 27 heavy (non-hydrogen) atoms. The van der Waals surface area contributed by atoms with Gasteiger partial charge in [-0.3, -0.25) is 5.01 Å². The van der Waals surface area contributed by atoms with Crippen LogP contribution >= 0.6 is 0 Å². The van der Waals surface area contributed by atoms with E-state index in [2.05, 4.69) is 29.4 Å². The number of hydrogen-bond donors (Lipinski definition) is 0. The van der Waals surface area contributed by atoms with Crippen molar-refractivity contribution < 1.29 is 9.53 Å². The van der Waals surface area contributed by atoms with Crippen LogP contribution in [0.4, 0.5) is 0 Å². The molecule has 0 aliphatic rings. The van der Waals surface area contributed by atoms with Gasteiger partial charge in [0, 0.05) is 0 Å². The van der Waals surface area contributed by atoms with E-state index in [0.29, 0.717) is 18.7 Å². The second kappa shape index (κ2) is 9.34. The first-order valence-corrected chi connectivity index (χ1v) is 8.80. The Labute approximate surface area is 159 Å². The molecule has 136 valence electrons. The molecule has 3 aromatic rings. The van der Waals surface area contributed by atoms with Gasteiger partial charge in [-0.05, 0) is 28.8 Å². The number of benzene rings is 3. The molecule has 4 nitrogen and oxygen atoms in total. The van der Waals surface area contributed by atoms with Gasteiger partial charge in [0.05, 0.1) is 32.0 Å². The summed E-state index contributed by atoms with van der Waals surface area (Å²) in [5.41, 5.74) is 3.85. The van der Waals surface area contributed by atoms with Crippen molar-refractivity contribution in [2.75, 3.05) is 7.11 Å². The van der Waals surface area contributed by atoms with Crippen molar-refractivity contribution in [1.82, 2.24) is 5.01 Å². The van der Waals surface area contributed by atoms with E-state index in [1.807, 2.05) is 59.8 Å². The highest BCUT2D eigenvalue weighted by molar-refractivity contribution is 5.90. The monoisotopic (exact) mass is 358 g/mol. The average molecular weight is 358 g/mol. The molecule has 0 saturated heterocycles. The Morgan fingerprint density at radius 3 is 1.85 bits per heavy atom. The van der Waals surface area contributed by atoms with Crippen molar-refractivity contribution in [1.29, 1.82) is 0 Å². The Morgan fingerprint density at radius 1 is 0.852 bits per heavy atom. The number of rotatable bonds is 7. The van der Waals surface area contributed by atoms with Crippen molar-refractivity contribution >= 4 is 12.2 Å². The number of carbonyl (C=O) groups excluding carboxylic acids is 1. The molecule has 0 amide bonds. The van der Waals surface area contributed by atoms with Gasteiger partial charge in [0.25, 0.3) is 0 Å². The first-order chi connectivity index (χ1) is 13.2. The number of carbonyl (C=O) groups is 1. The molecular formula is C23H22N2O2. The summed E-state index contributed by atoms with van der Waals surface area (Å²) in [5, 5.41) is 6.70. The number of ether oxygens (including phenoxy) is 1. The Morgan fingerprint density at radius 2 is 1.37 bits per heavy atom. The van der Waals surface area contributed by atoms with Gasteiger partial charge in [0.15, 0.2) is 0 Å². The van der Waals surface area contributed by atoms with Crippen molar-refractivity contribution in [3.63, 3.8) is 0 Å². The predicted octanol–water partition coefficient (Wildman–Crippen LogP) is 4.51. The largest absolute Gasteiger partial charge is 0.465 e. The van der Waals surface area contributed by atoms with Crippen LogP contribution in [0.5, 0.6) is 0 Å². The van der Waals surface area contributed by atoms with Crippen molar-refractivity contribution in [2.24, 2.45) is 5.10 Å². The first kappa shape index (κ1) is 18.4. The van der Waals surface area contributed by atoms with E-state index in [4.69, 9.17) is 4.74 Å². The summed E-state index contributed by atoms with van der Waals surface area (Å²) in [7, 11) is 1.38. The summed E-state index contributed by atoms with van der Waals surface area (Å²) >= 11 is 0. The van der Waals surface area contributed by atoms with E-state index >= 15 is 0 Å². The fourth-order valence-electron chi connectivity index (χ4n) is 2.70. The molecule has 0 N–H and O–H groups in total. The molecule has 0 radical (unpaired) electrons. The SMILES string of the molecule is COC(=O)c1ccc(/C=N/N(Cc2ccccc2)Cc2ccccc2)cc1. The van der Waals surface area contributed by atoms with E-state index in [9.17, 15) is 4.79 Å². The second-order valence-electron chi connectivity index (χ2n) is 6.15. The summed E-state index contributed by atoms with van der Waals surface area (Å²) in [5.74, 6) is -0.340. The Hall–Kier alpha value is -3.40. The number of hydrazone groups is 1. The standard InChI is InChI=1S/C23H22N2O2/c1-27-23(26)22-14-12-19(13-15-22)16-24-25(17-20-8-4-2-5-9-20)18-21-10-6-3-7-11-21/h2-16H,17-18H2,1H3/b24-16+. The molecule has 0 saturated carbocycles. The molecule has 3 rings (SSSR count). The van der Waals surface area contributed by atoms with E-state index in [1.165, 1.54) is 18.2 Å². The van der Waals surface area contributed by atoms with Gasteiger partial charge in [-0.1, -0.05) is 72.8 Å². The topological polar surface area (TPSA) is 41.9 Å². The summed E-state index contributed by atoms with van der Waals surface area (Å²) in [6, 6.07) is 27.7. The molecule has 3 aromatic carbocycles. The van der Waals surface area contributed by atoms with Crippen molar-refractivity contribution in [3.8, 4) is 0 Å². The van der Waals surface area contributed by atoms with Gasteiger partial charge in [-0.25, -0.2) is 4.79 Å². The molecule has 0 aromatic heterocycles. The normalized spacial score (nSPS) is 10.7. The van der Waals surface area contributed by atoms with Gasteiger partial charge in [-0.15, -0.1) is 0 Å². The molecule has 0 bridgehead atoms. The van der Waals surface area contributed by atoms with Crippen LogP contribution in [-0.2, 0) is 17.8 Å². The van der Waals surface area contributed by atoms with Gasteiger partial charge < -0.3 is 4.74 Å². The van der Waals surface area contributed by atoms with Gasteiger partial charge >= 0.3 is 5.97 Å². The summed E-state index contributed by atoms with van der Waals surface area (Å²) < 4.78 is 4.73. The Bertz CT molecular complexity index is 834. The number of hydrogen-bond acceptors (Lipinski definition) is 4. The first-order valence-electron chi connectivity index (χ1n) is 8.80. The lowest BCUT2D eigenvalue weighted by molar-refractivity contribution is 0.0600. The zero-order chi connectivity index (χ0) is 18.9. The van der Waals surface area contributed by atoms with Crippen LogP contribution in [-0.4, -0.2) is 24.3 Å². The smallest absolute Gasteiger partial charge is 0.337 e. The number of esters is 1. The Balaban J connectivity index is 1.75. The van der Waals surface area contributed by atoms with Gasteiger partial charge in [0.2, 0.25) is 0 Å². The predicted molar refractivity (Wildman–Crippen MR) is 108 cm³/mol. The fourth-order valence-corrected chi connectivity index (χ4v) is 2.70. The molecular weight excluding hydrogens is 336 g/mol. The molecule has 0 heterocycles. The van der Waals surface area contributed by atoms with Crippen molar-refractivity contribution in [2.45, 2.75) is 13.1 Å². The maximum absolute atomic E-state index is 11.5. The Kier molecular flexibility index (Phi) is 6.36. The molecule has 4 heteroatoms. The molecule has 0 aliphatic carbocycles. The minimum Gasteiger partial charge on any atom is -0.465 e. The van der Waals surface area contributed by atoms with Crippen LogP contribution in [0.3, 0.4) is 0 Å². The fraction of sp³-hybridized carbons (Fsp3) is 0.130. The molecule has 0 unspecified atom stereocenters. The highest BCUT2D eigenvalue weighted by Crippen LogP contribution is 2.11. The summed E-state index contributed by atoms with van der Waals surface area (Å²) in [4.78, 5) is 11.5. The van der Waals surface area contributed by atoms with E-state index in [0.717, 1.165) is 5.56 Å². The third kappa shape index (κ3) is 5.54. The number of methoxy groups -OCH3 is 1. The average Bonchev–Trinajstić information content (AvgIpc) is 2.73. The lowest BCUT2D eigenvalue weighted by atomic mass is 10.1. The van der Waals surface area contributed by atoms with E-state index < -0.39 is 0 Å². The van der Waals surface area contributed by atoms with Crippen LogP contribution in [0, 0.1) is 0 Å². The van der Waals surface area contributed by atoms with Crippen LogP contribution < -0.4 is 0 Å². The molecule has 0 aliphatic heterocycles. The van der Waals surface area contributed by atoms with E-state index in [-0.39, 0.29) is 5.97 Å². The highest BCUT2D eigenvalue weighted by atomic mass is 16.5. The molecule has 0 spiro atoms. The van der Waals surface area contributed by atoms with Gasteiger partial charge in [0.1, 0.15) is 0 Å². The van der Waals surface area contributed by atoms with Crippen LogP contribution in [0.1, 0.15) is 27.0 Å². The summed E-state index contributed by atoms with van der Waals surface area (Å²) in [6.07, 6.45) is 1.81. The molecule has 0 atom stereocenters. The lowest BCUT2D eigenvalue weighted by Gasteiger charge is -2.19. The maximum Gasteiger partial charge on any atom is 0.337 e. The third-order valence-corrected chi connectivity index (χ3v) is 4.12. The zero-order valence-electron chi connectivity index (χ0n) is 15.3. The van der Waals surface area contributed by atoms with Gasteiger partial charge in [-0.2, -0.15) is 5.10 Å². The van der Waals surface area contributed by atoms with Crippen LogP contribution in [0.15, 0.2) is 90.0 Å². The van der Waals surface area contributed by atoms with E-state index in [1.54, 1.807) is 12.1 Å². The highest BCUT2D eigenvalue weighted by Gasteiger charge is 2.05. The summed E-state index contributed by atoms with van der Waals surface area (Å²) in [6.45, 7) is 1.43.